The van der Waals surface area contributed by atoms with Gasteiger partial charge in [0.15, 0.2) is 11.5 Å². The number of benzene rings is 1. The molecular formula is C13H15ClN4O4. The zero-order valence-electron chi connectivity index (χ0n) is 11.9. The minimum absolute atomic E-state index is 0. The summed E-state index contributed by atoms with van der Waals surface area (Å²) in [5.74, 6) is 0.931. The van der Waals surface area contributed by atoms with E-state index in [0.29, 0.717) is 30.3 Å². The second kappa shape index (κ2) is 6.52. The van der Waals surface area contributed by atoms with Gasteiger partial charge in [-0.3, -0.25) is 10.1 Å². The van der Waals surface area contributed by atoms with Crippen molar-refractivity contribution in [1.82, 2.24) is 4.57 Å². The van der Waals surface area contributed by atoms with Crippen molar-refractivity contribution in [2.45, 2.75) is 6.54 Å². The van der Waals surface area contributed by atoms with E-state index in [9.17, 15) is 10.1 Å². The quantitative estimate of drug-likeness (QED) is 0.393. The number of imidazole rings is 1. The molecule has 1 aromatic heterocycles. The van der Waals surface area contributed by atoms with Crippen molar-refractivity contribution in [3.05, 3.63) is 41.0 Å². The first-order valence-corrected chi connectivity index (χ1v) is 6.46. The number of nitrogens with one attached hydrogen (secondary N) is 1. The molecule has 0 unspecified atom stereocenters. The Labute approximate surface area is 132 Å². The van der Waals surface area contributed by atoms with E-state index in [1.807, 2.05) is 34.9 Å². The summed E-state index contributed by atoms with van der Waals surface area (Å²) in [5.41, 5.74) is 0.415. The number of nitro benzene ring substituents is 1. The van der Waals surface area contributed by atoms with E-state index in [0.717, 1.165) is 0 Å². The maximum Gasteiger partial charge on any atom is 0.296 e. The fraction of sp³-hybridized carbons (Fsp3) is 0.308. The molecule has 118 valence electrons. The van der Waals surface area contributed by atoms with Gasteiger partial charge in [-0.25, -0.2) is 9.13 Å². The number of hydrogen-bond acceptors (Lipinski definition) is 5. The first-order chi connectivity index (χ1) is 10.1. The molecule has 0 radical (unpaired) electrons. The third kappa shape index (κ3) is 3.22. The Morgan fingerprint density at radius 3 is 2.77 bits per heavy atom. The zero-order valence-corrected chi connectivity index (χ0v) is 12.6. The molecule has 0 atom stereocenters. The molecule has 1 aromatic carbocycles. The van der Waals surface area contributed by atoms with Crippen LogP contribution in [0.5, 0.6) is 11.5 Å². The Morgan fingerprint density at radius 2 is 2.14 bits per heavy atom. The number of anilines is 1. The summed E-state index contributed by atoms with van der Waals surface area (Å²) in [6.45, 7) is 1.36. The molecule has 3 rings (SSSR count). The van der Waals surface area contributed by atoms with Crippen molar-refractivity contribution < 1.29 is 31.4 Å². The summed E-state index contributed by atoms with van der Waals surface area (Å²) in [6, 6.07) is 3.00. The standard InChI is InChI=1S/C13H15N4O4.ClH/c1-15-4-5-16(8-15)3-2-14-10-6-12-13(21-9-20-12)7-11(10)17(18)19;/h4-8,14H,2-3,9H2,1H3;1H/q+1;/p-1. The molecule has 0 amide bonds. The lowest BCUT2D eigenvalue weighted by Gasteiger charge is -2.07. The molecular weight excluding hydrogens is 312 g/mol. The molecule has 0 saturated heterocycles. The summed E-state index contributed by atoms with van der Waals surface area (Å²) in [4.78, 5) is 10.7. The van der Waals surface area contributed by atoms with E-state index in [4.69, 9.17) is 9.47 Å². The summed E-state index contributed by atoms with van der Waals surface area (Å²) in [6.07, 6.45) is 5.81. The molecule has 9 heteroatoms. The zero-order chi connectivity index (χ0) is 14.8. The summed E-state index contributed by atoms with van der Waals surface area (Å²) in [7, 11) is 1.94. The molecule has 8 nitrogen and oxygen atoms in total. The smallest absolute Gasteiger partial charge is 0.296 e. The monoisotopic (exact) mass is 326 g/mol. The highest BCUT2D eigenvalue weighted by Crippen LogP contribution is 2.40. The van der Waals surface area contributed by atoms with E-state index in [1.165, 1.54) is 6.07 Å². The minimum Gasteiger partial charge on any atom is -1.00 e. The average Bonchev–Trinajstić information content (AvgIpc) is 3.06. The molecule has 2 aromatic rings. The van der Waals surface area contributed by atoms with Gasteiger partial charge in [0.1, 0.15) is 24.6 Å². The van der Waals surface area contributed by atoms with E-state index in [1.54, 1.807) is 6.07 Å². The summed E-state index contributed by atoms with van der Waals surface area (Å²) >= 11 is 0. The van der Waals surface area contributed by atoms with E-state index < -0.39 is 4.92 Å². The Hall–Kier alpha value is -2.48. The summed E-state index contributed by atoms with van der Waals surface area (Å²) in [5, 5.41) is 14.2. The van der Waals surface area contributed by atoms with Gasteiger partial charge >= 0.3 is 0 Å². The van der Waals surface area contributed by atoms with E-state index in [2.05, 4.69) is 5.32 Å². The van der Waals surface area contributed by atoms with Gasteiger partial charge in [0.2, 0.25) is 13.1 Å². The maximum atomic E-state index is 11.1. The normalized spacial score (nSPS) is 11.9. The van der Waals surface area contributed by atoms with E-state index >= 15 is 0 Å². The molecule has 0 spiro atoms. The lowest BCUT2D eigenvalue weighted by Crippen LogP contribution is -3.00. The van der Waals surface area contributed by atoms with Gasteiger partial charge in [-0.2, -0.15) is 0 Å². The van der Waals surface area contributed by atoms with E-state index in [-0.39, 0.29) is 24.9 Å². The first kappa shape index (κ1) is 15.9. The van der Waals surface area contributed by atoms with Crippen LogP contribution in [0.1, 0.15) is 0 Å². The van der Waals surface area contributed by atoms with Crippen LogP contribution < -0.4 is 31.8 Å². The van der Waals surface area contributed by atoms with Crippen molar-refractivity contribution in [1.29, 1.82) is 0 Å². The number of aryl methyl sites for hydroxylation is 1. The number of ether oxygens (including phenoxy) is 2. The van der Waals surface area contributed by atoms with Crippen molar-refractivity contribution in [2.75, 3.05) is 18.7 Å². The second-order valence-electron chi connectivity index (χ2n) is 4.72. The van der Waals surface area contributed by atoms with Crippen LogP contribution in [0.3, 0.4) is 0 Å². The van der Waals surface area contributed by atoms with Crippen LogP contribution in [0.4, 0.5) is 11.4 Å². The lowest BCUT2D eigenvalue weighted by molar-refractivity contribution is -0.671. The van der Waals surface area contributed by atoms with Crippen LogP contribution in [0.25, 0.3) is 0 Å². The van der Waals surface area contributed by atoms with Crippen LogP contribution >= 0.6 is 0 Å². The topological polar surface area (TPSA) is 82.4 Å². The number of fused-ring (bicyclic) bond motifs is 1. The average molecular weight is 327 g/mol. The highest BCUT2D eigenvalue weighted by molar-refractivity contribution is 5.68. The number of rotatable bonds is 5. The Bertz CT molecular complexity index is 689. The van der Waals surface area contributed by atoms with Crippen LogP contribution in [0.2, 0.25) is 0 Å². The Kier molecular flexibility index (Phi) is 4.71. The highest BCUT2D eigenvalue weighted by Gasteiger charge is 2.23. The Morgan fingerprint density at radius 1 is 1.41 bits per heavy atom. The van der Waals surface area contributed by atoms with Gasteiger partial charge in [-0.05, 0) is 0 Å². The first-order valence-electron chi connectivity index (χ1n) is 6.46. The number of halogens is 1. The second-order valence-corrected chi connectivity index (χ2v) is 4.72. The van der Waals surface area contributed by atoms with Gasteiger partial charge in [0, 0.05) is 6.07 Å². The van der Waals surface area contributed by atoms with Gasteiger partial charge in [-0.1, -0.05) is 0 Å². The van der Waals surface area contributed by atoms with Crippen molar-refractivity contribution in [3.8, 4) is 11.5 Å². The molecule has 0 fully saturated rings. The van der Waals surface area contributed by atoms with Gasteiger partial charge < -0.3 is 27.2 Å². The molecule has 1 aliphatic rings. The van der Waals surface area contributed by atoms with Crippen LogP contribution in [-0.2, 0) is 13.6 Å². The number of aromatic nitrogens is 2. The van der Waals surface area contributed by atoms with Crippen LogP contribution in [-0.4, -0.2) is 22.8 Å². The highest BCUT2D eigenvalue weighted by atomic mass is 35.5. The van der Waals surface area contributed by atoms with Crippen LogP contribution in [0.15, 0.2) is 30.9 Å². The van der Waals surface area contributed by atoms with Gasteiger partial charge in [0.05, 0.1) is 24.6 Å². The number of nitrogens with zero attached hydrogens (tertiary/aromatic N) is 3. The molecule has 1 N–H and O–H groups in total. The van der Waals surface area contributed by atoms with Crippen molar-refractivity contribution in [2.24, 2.45) is 7.05 Å². The molecule has 2 heterocycles. The maximum absolute atomic E-state index is 11.1. The van der Waals surface area contributed by atoms with Crippen molar-refractivity contribution in [3.63, 3.8) is 0 Å². The predicted octanol–water partition coefficient (Wildman–Crippen LogP) is -1.93. The number of hydrogen-bond donors (Lipinski definition) is 1. The Balaban J connectivity index is 0.00000176. The molecule has 0 saturated carbocycles. The van der Waals surface area contributed by atoms with Gasteiger partial charge in [-0.15, -0.1) is 0 Å². The fourth-order valence-electron chi connectivity index (χ4n) is 2.18. The fourth-order valence-corrected chi connectivity index (χ4v) is 2.18. The molecule has 0 aliphatic carbocycles. The predicted molar refractivity (Wildman–Crippen MR) is 73.3 cm³/mol. The largest absolute Gasteiger partial charge is 1.00 e. The third-order valence-electron chi connectivity index (χ3n) is 3.20. The minimum atomic E-state index is -0.431. The van der Waals surface area contributed by atoms with Gasteiger partial charge in [0.25, 0.3) is 5.69 Å². The summed E-state index contributed by atoms with van der Waals surface area (Å²) < 4.78 is 14.3. The molecule has 0 bridgehead atoms. The molecule has 1 aliphatic heterocycles. The SMILES string of the molecule is C[n+]1ccn(CCNc2cc3c(cc2[N+](=O)[O-])OCO3)c1.[Cl-]. The van der Waals surface area contributed by atoms with Crippen molar-refractivity contribution >= 4 is 11.4 Å². The van der Waals surface area contributed by atoms with Crippen LogP contribution in [0, 0.1) is 10.1 Å². The number of nitro groups is 1. The lowest BCUT2D eigenvalue weighted by atomic mass is 10.2. The molecule has 22 heavy (non-hydrogen) atoms. The third-order valence-corrected chi connectivity index (χ3v) is 3.20.